The lowest BCUT2D eigenvalue weighted by Gasteiger charge is -2.39. The fourth-order valence-electron chi connectivity index (χ4n) is 3.66. The molecule has 0 amide bonds. The predicted octanol–water partition coefficient (Wildman–Crippen LogP) is 3.36. The molecule has 0 aliphatic carbocycles. The van der Waals surface area contributed by atoms with Crippen molar-refractivity contribution in [3.63, 3.8) is 0 Å². The van der Waals surface area contributed by atoms with Gasteiger partial charge in [0.2, 0.25) is 0 Å². The molecule has 3 rings (SSSR count). The molecule has 0 aromatic heterocycles. The highest BCUT2D eigenvalue weighted by Crippen LogP contribution is 2.39. The molecule has 0 saturated carbocycles. The Balaban J connectivity index is 1.69. The lowest BCUT2D eigenvalue weighted by molar-refractivity contribution is 0.0633. The third-order valence-corrected chi connectivity index (χ3v) is 4.90. The van der Waals surface area contributed by atoms with Crippen molar-refractivity contribution < 1.29 is 4.74 Å². The van der Waals surface area contributed by atoms with Gasteiger partial charge in [-0.3, -0.25) is 0 Å². The van der Waals surface area contributed by atoms with E-state index >= 15 is 0 Å². The summed E-state index contributed by atoms with van der Waals surface area (Å²) in [7, 11) is 2.26. The van der Waals surface area contributed by atoms with Crippen molar-refractivity contribution in [2.45, 2.75) is 57.2 Å². The average Bonchev–Trinajstić information content (AvgIpc) is 2.45. The molecule has 2 unspecified atom stereocenters. The van der Waals surface area contributed by atoms with E-state index in [4.69, 9.17) is 4.74 Å². The molecular weight excluding hydrogens is 260 g/mol. The maximum atomic E-state index is 6.11. The molecule has 2 aliphatic rings. The number of fused-ring (bicyclic) bond motifs is 1. The van der Waals surface area contributed by atoms with Crippen molar-refractivity contribution in [2.75, 3.05) is 20.1 Å². The van der Waals surface area contributed by atoms with E-state index in [1.54, 1.807) is 0 Å². The minimum Gasteiger partial charge on any atom is -0.487 e. The second-order valence-electron chi connectivity index (χ2n) is 7.19. The monoisotopic (exact) mass is 288 g/mol. The first-order chi connectivity index (χ1) is 10.1. The molecule has 2 heterocycles. The van der Waals surface area contributed by atoms with Crippen molar-refractivity contribution in [1.82, 2.24) is 10.2 Å². The Labute approximate surface area is 128 Å². The van der Waals surface area contributed by atoms with Crippen molar-refractivity contribution in [3.8, 4) is 5.75 Å². The van der Waals surface area contributed by atoms with Crippen LogP contribution in [0, 0.1) is 0 Å². The fourth-order valence-corrected chi connectivity index (χ4v) is 3.66. The Hall–Kier alpha value is -1.06. The maximum Gasteiger partial charge on any atom is 0.124 e. The van der Waals surface area contributed by atoms with Crippen molar-refractivity contribution >= 4 is 0 Å². The quantitative estimate of drug-likeness (QED) is 0.923. The topological polar surface area (TPSA) is 24.5 Å². The van der Waals surface area contributed by atoms with Gasteiger partial charge in [-0.2, -0.15) is 0 Å². The van der Waals surface area contributed by atoms with Crippen LogP contribution in [0.3, 0.4) is 0 Å². The van der Waals surface area contributed by atoms with Crippen LogP contribution in [0.2, 0.25) is 0 Å². The molecule has 1 saturated heterocycles. The third-order valence-electron chi connectivity index (χ3n) is 4.90. The van der Waals surface area contributed by atoms with Crippen LogP contribution >= 0.6 is 0 Å². The number of piperidine rings is 1. The third kappa shape index (κ3) is 3.41. The van der Waals surface area contributed by atoms with Crippen LogP contribution in [0.1, 0.15) is 51.1 Å². The highest BCUT2D eigenvalue weighted by Gasteiger charge is 2.33. The molecule has 0 bridgehead atoms. The van der Waals surface area contributed by atoms with Crippen LogP contribution in [0.15, 0.2) is 24.3 Å². The van der Waals surface area contributed by atoms with Gasteiger partial charge in [-0.1, -0.05) is 24.6 Å². The molecule has 0 spiro atoms. The molecule has 1 N–H and O–H groups in total. The molecule has 3 heteroatoms. The number of benzene rings is 1. The van der Waals surface area contributed by atoms with Gasteiger partial charge in [-0.25, -0.2) is 0 Å². The molecule has 2 atom stereocenters. The lowest BCUT2D eigenvalue weighted by atomic mass is 9.89. The Morgan fingerprint density at radius 3 is 2.90 bits per heavy atom. The van der Waals surface area contributed by atoms with Crippen LogP contribution in [0.4, 0.5) is 0 Å². The van der Waals surface area contributed by atoms with Gasteiger partial charge in [0.25, 0.3) is 0 Å². The van der Waals surface area contributed by atoms with Gasteiger partial charge >= 0.3 is 0 Å². The Bertz CT molecular complexity index is 486. The van der Waals surface area contributed by atoms with E-state index in [2.05, 4.69) is 55.4 Å². The van der Waals surface area contributed by atoms with Gasteiger partial charge in [0.15, 0.2) is 0 Å². The number of ether oxygens (including phenoxy) is 1. The van der Waals surface area contributed by atoms with Crippen molar-refractivity contribution in [3.05, 3.63) is 29.8 Å². The van der Waals surface area contributed by atoms with E-state index in [9.17, 15) is 0 Å². The van der Waals surface area contributed by atoms with Gasteiger partial charge in [0.1, 0.15) is 11.4 Å². The van der Waals surface area contributed by atoms with Crippen LogP contribution in [0.5, 0.6) is 5.75 Å². The first kappa shape index (κ1) is 14.9. The summed E-state index contributed by atoms with van der Waals surface area (Å²) in [5, 5.41) is 3.81. The van der Waals surface area contributed by atoms with Gasteiger partial charge < -0.3 is 15.0 Å². The minimum atomic E-state index is -0.0928. The smallest absolute Gasteiger partial charge is 0.124 e. The number of hydrogen-bond acceptors (Lipinski definition) is 3. The Kier molecular flexibility index (Phi) is 4.23. The number of para-hydroxylation sites is 1. The number of nitrogens with one attached hydrogen (secondary N) is 1. The maximum absolute atomic E-state index is 6.11. The molecule has 2 aliphatic heterocycles. The Morgan fingerprint density at radius 1 is 1.29 bits per heavy atom. The highest BCUT2D eigenvalue weighted by molar-refractivity contribution is 5.38. The van der Waals surface area contributed by atoms with E-state index in [0.29, 0.717) is 12.1 Å². The van der Waals surface area contributed by atoms with Gasteiger partial charge in [-0.15, -0.1) is 0 Å². The molecular formula is C18H28N2O. The summed E-state index contributed by atoms with van der Waals surface area (Å²) in [4.78, 5) is 2.51. The van der Waals surface area contributed by atoms with Gasteiger partial charge in [0.05, 0.1) is 0 Å². The summed E-state index contributed by atoms with van der Waals surface area (Å²) >= 11 is 0. The molecule has 3 nitrogen and oxygen atoms in total. The average molecular weight is 288 g/mol. The summed E-state index contributed by atoms with van der Waals surface area (Å²) in [6.45, 7) is 6.68. The standard InChI is InChI=1S/C18H28N2O/c1-18(2)12-16(15-9-4-5-10-17(15)21-18)19-13-14-8-6-7-11-20(14)3/h4-5,9-10,14,16,19H,6-8,11-13H2,1-3H3. The van der Waals surface area contributed by atoms with Crippen molar-refractivity contribution in [1.29, 1.82) is 0 Å². The van der Waals surface area contributed by atoms with Crippen LogP contribution in [-0.4, -0.2) is 36.7 Å². The predicted molar refractivity (Wildman–Crippen MR) is 86.8 cm³/mol. The fraction of sp³-hybridized carbons (Fsp3) is 0.667. The van der Waals surface area contributed by atoms with E-state index < -0.39 is 0 Å². The molecule has 0 radical (unpaired) electrons. The first-order valence-corrected chi connectivity index (χ1v) is 8.27. The zero-order valence-electron chi connectivity index (χ0n) is 13.6. The van der Waals surface area contributed by atoms with E-state index in [-0.39, 0.29) is 5.60 Å². The normalized spacial score (nSPS) is 28.7. The van der Waals surface area contributed by atoms with E-state index in [1.807, 2.05) is 0 Å². The van der Waals surface area contributed by atoms with Crippen LogP contribution < -0.4 is 10.1 Å². The number of rotatable bonds is 3. The second kappa shape index (κ2) is 5.98. The lowest BCUT2D eigenvalue weighted by Crippen LogP contribution is -2.46. The molecule has 1 aromatic carbocycles. The van der Waals surface area contributed by atoms with E-state index in [0.717, 1.165) is 18.7 Å². The first-order valence-electron chi connectivity index (χ1n) is 8.27. The van der Waals surface area contributed by atoms with Gasteiger partial charge in [-0.05, 0) is 46.3 Å². The molecule has 1 aromatic rings. The van der Waals surface area contributed by atoms with Gasteiger partial charge in [0, 0.05) is 30.6 Å². The minimum absolute atomic E-state index is 0.0928. The summed E-state index contributed by atoms with van der Waals surface area (Å²) in [5.74, 6) is 1.04. The Morgan fingerprint density at radius 2 is 2.10 bits per heavy atom. The highest BCUT2D eigenvalue weighted by atomic mass is 16.5. The summed E-state index contributed by atoms with van der Waals surface area (Å²) in [6, 6.07) is 9.55. The molecule has 116 valence electrons. The van der Waals surface area contributed by atoms with Crippen LogP contribution in [-0.2, 0) is 0 Å². The van der Waals surface area contributed by atoms with E-state index in [1.165, 1.54) is 31.4 Å². The number of hydrogen-bond donors (Lipinski definition) is 1. The number of likely N-dealkylation sites (tertiary alicyclic amines) is 1. The SMILES string of the molecule is CN1CCCCC1CNC1CC(C)(C)Oc2ccccc21. The number of nitrogens with zero attached hydrogens (tertiary/aromatic N) is 1. The largest absolute Gasteiger partial charge is 0.487 e. The summed E-state index contributed by atoms with van der Waals surface area (Å²) in [6.07, 6.45) is 5.06. The summed E-state index contributed by atoms with van der Waals surface area (Å²) in [5.41, 5.74) is 1.22. The number of likely N-dealkylation sites (N-methyl/N-ethyl adjacent to an activating group) is 1. The van der Waals surface area contributed by atoms with Crippen LogP contribution in [0.25, 0.3) is 0 Å². The summed E-state index contributed by atoms with van der Waals surface area (Å²) < 4.78 is 6.11. The second-order valence-corrected chi connectivity index (χ2v) is 7.19. The molecule has 21 heavy (non-hydrogen) atoms. The zero-order chi connectivity index (χ0) is 14.9. The zero-order valence-corrected chi connectivity index (χ0v) is 13.6. The van der Waals surface area contributed by atoms with Crippen molar-refractivity contribution in [2.24, 2.45) is 0 Å². The molecule has 1 fully saturated rings.